The summed E-state index contributed by atoms with van der Waals surface area (Å²) in [5.41, 5.74) is 2.92. The Labute approximate surface area is 185 Å². The highest BCUT2D eigenvalue weighted by molar-refractivity contribution is 6.05. The van der Waals surface area contributed by atoms with Gasteiger partial charge in [0.1, 0.15) is 23.7 Å². The number of halogens is 1. The summed E-state index contributed by atoms with van der Waals surface area (Å²) in [5, 5.41) is 0. The third-order valence-corrected chi connectivity index (χ3v) is 6.38. The average Bonchev–Trinajstić information content (AvgIpc) is 3.19. The second kappa shape index (κ2) is 8.35. The summed E-state index contributed by atoms with van der Waals surface area (Å²) >= 11 is 0. The summed E-state index contributed by atoms with van der Waals surface area (Å²) < 4.78 is 17.6. The van der Waals surface area contributed by atoms with E-state index in [1.807, 2.05) is 23.5 Å². The molecular weight excluding hydrogens is 409 g/mol. The quantitative estimate of drug-likeness (QED) is 0.631. The maximum atomic E-state index is 14.0. The lowest BCUT2D eigenvalue weighted by molar-refractivity contribution is -0.113. The number of benzene rings is 1. The summed E-state index contributed by atoms with van der Waals surface area (Å²) in [6.45, 7) is 7.20. The molecule has 0 N–H and O–H groups in total. The standard InChI is InChI=1S/C24H26FN5O2/c1-17-3-6-21-24(32)29(20-7-4-18(25)15-22(20)30(17)21)10-2-9-27-11-13-28(14-12-27)23-8-5-19(31)16-26-23/h3-8,15H,2,9-14,16H2,1H3. The first-order valence-electron chi connectivity index (χ1n) is 11.0. The number of carbonyl (C=O) groups excluding carboxylic acids is 1. The molecule has 0 unspecified atom stereocenters. The number of fused-ring (bicyclic) bond motifs is 3. The molecule has 0 aliphatic carbocycles. The van der Waals surface area contributed by atoms with E-state index in [0.717, 1.165) is 61.7 Å². The number of aromatic nitrogens is 2. The predicted molar refractivity (Wildman–Crippen MR) is 123 cm³/mol. The van der Waals surface area contributed by atoms with Gasteiger partial charge in [0.05, 0.1) is 11.0 Å². The lowest BCUT2D eigenvalue weighted by Gasteiger charge is -2.36. The Bertz CT molecular complexity index is 1310. The Hall–Kier alpha value is -3.26. The van der Waals surface area contributed by atoms with Crippen molar-refractivity contribution in [2.75, 3.05) is 39.3 Å². The Balaban J connectivity index is 1.27. The summed E-state index contributed by atoms with van der Waals surface area (Å²) in [5.74, 6) is 0.633. The van der Waals surface area contributed by atoms with Crippen LogP contribution in [0.25, 0.3) is 16.6 Å². The molecule has 1 aromatic carbocycles. The van der Waals surface area contributed by atoms with Crippen LogP contribution in [0.1, 0.15) is 12.1 Å². The zero-order valence-corrected chi connectivity index (χ0v) is 18.1. The minimum Gasteiger partial charge on any atom is -0.354 e. The van der Waals surface area contributed by atoms with E-state index in [2.05, 4.69) is 14.8 Å². The van der Waals surface area contributed by atoms with Crippen LogP contribution in [0.2, 0.25) is 0 Å². The lowest BCUT2D eigenvalue weighted by atomic mass is 10.2. The number of hydrogen-bond acceptors (Lipinski definition) is 5. The van der Waals surface area contributed by atoms with E-state index < -0.39 is 0 Å². The molecule has 0 saturated carbocycles. The van der Waals surface area contributed by atoms with Gasteiger partial charge in [-0.25, -0.2) is 4.39 Å². The second-order valence-corrected chi connectivity index (χ2v) is 8.44. The van der Waals surface area contributed by atoms with E-state index in [1.165, 1.54) is 12.1 Å². The van der Waals surface area contributed by atoms with E-state index in [0.29, 0.717) is 12.1 Å². The maximum Gasteiger partial charge on any atom is 0.275 e. The molecule has 0 atom stereocenters. The van der Waals surface area contributed by atoms with Gasteiger partial charge in [-0.3, -0.25) is 19.5 Å². The van der Waals surface area contributed by atoms with Gasteiger partial charge in [-0.1, -0.05) is 0 Å². The van der Waals surface area contributed by atoms with Gasteiger partial charge in [0.25, 0.3) is 5.56 Å². The van der Waals surface area contributed by atoms with Gasteiger partial charge in [-0.15, -0.1) is 0 Å². The fourth-order valence-electron chi connectivity index (χ4n) is 4.69. The summed E-state index contributed by atoms with van der Waals surface area (Å²) in [7, 11) is 0. The first-order chi connectivity index (χ1) is 15.5. The number of aryl methyl sites for hydroxylation is 2. The van der Waals surface area contributed by atoms with E-state index >= 15 is 0 Å². The second-order valence-electron chi connectivity index (χ2n) is 8.44. The number of nitrogens with zero attached hydrogens (tertiary/aromatic N) is 5. The Morgan fingerprint density at radius 3 is 2.47 bits per heavy atom. The molecule has 0 spiro atoms. The number of hydrogen-bond donors (Lipinski definition) is 0. The maximum absolute atomic E-state index is 14.0. The van der Waals surface area contributed by atoms with Gasteiger partial charge in [0.2, 0.25) is 0 Å². The Kier molecular flexibility index (Phi) is 5.38. The molecule has 5 rings (SSSR count). The molecular formula is C24H26FN5O2. The zero-order chi connectivity index (χ0) is 22.2. The number of aliphatic imine (C=N–C) groups is 1. The van der Waals surface area contributed by atoms with Crippen molar-refractivity contribution in [2.45, 2.75) is 19.9 Å². The molecule has 0 bridgehead atoms. The predicted octanol–water partition coefficient (Wildman–Crippen LogP) is 2.25. The lowest BCUT2D eigenvalue weighted by Crippen LogP contribution is -2.49. The normalized spacial score (nSPS) is 17.5. The average molecular weight is 436 g/mol. The van der Waals surface area contributed by atoms with Crippen molar-refractivity contribution in [3.63, 3.8) is 0 Å². The molecule has 2 aromatic heterocycles. The third kappa shape index (κ3) is 3.75. The Morgan fingerprint density at radius 2 is 1.72 bits per heavy atom. The summed E-state index contributed by atoms with van der Waals surface area (Å²) in [4.78, 5) is 33.4. The van der Waals surface area contributed by atoms with Gasteiger partial charge in [-0.05, 0) is 62.4 Å². The van der Waals surface area contributed by atoms with Crippen molar-refractivity contribution in [1.82, 2.24) is 18.8 Å². The van der Waals surface area contributed by atoms with Crippen LogP contribution in [0.15, 0.2) is 52.3 Å². The van der Waals surface area contributed by atoms with E-state index in [1.54, 1.807) is 22.8 Å². The molecule has 1 fully saturated rings. The van der Waals surface area contributed by atoms with Crippen LogP contribution >= 0.6 is 0 Å². The SMILES string of the molecule is Cc1ccc2c(=O)n(CCCN3CCN(C4=NCC(=O)C=C4)CC3)c3ccc(F)cc3n12. The molecule has 8 heteroatoms. The number of dihydropyridines is 1. The highest BCUT2D eigenvalue weighted by Gasteiger charge is 2.20. The van der Waals surface area contributed by atoms with Gasteiger partial charge in [0.15, 0.2) is 5.78 Å². The van der Waals surface area contributed by atoms with Crippen molar-refractivity contribution >= 4 is 28.2 Å². The van der Waals surface area contributed by atoms with Crippen LogP contribution in [0.5, 0.6) is 0 Å². The molecule has 7 nitrogen and oxygen atoms in total. The zero-order valence-electron chi connectivity index (χ0n) is 18.1. The van der Waals surface area contributed by atoms with Crippen molar-refractivity contribution in [2.24, 2.45) is 4.99 Å². The molecule has 1 saturated heterocycles. The fourth-order valence-corrected chi connectivity index (χ4v) is 4.69. The first-order valence-corrected chi connectivity index (χ1v) is 11.0. The van der Waals surface area contributed by atoms with Crippen LogP contribution in [-0.2, 0) is 11.3 Å². The highest BCUT2D eigenvalue weighted by Crippen LogP contribution is 2.19. The fraction of sp³-hybridized carbons (Fsp3) is 0.375. The molecule has 3 aromatic rings. The smallest absolute Gasteiger partial charge is 0.275 e. The van der Waals surface area contributed by atoms with Crippen molar-refractivity contribution in [3.05, 3.63) is 64.3 Å². The molecule has 2 aliphatic heterocycles. The van der Waals surface area contributed by atoms with Gasteiger partial charge >= 0.3 is 0 Å². The van der Waals surface area contributed by atoms with Gasteiger partial charge in [-0.2, -0.15) is 0 Å². The third-order valence-electron chi connectivity index (χ3n) is 6.38. The number of rotatable bonds is 4. The molecule has 0 amide bonds. The van der Waals surface area contributed by atoms with Crippen LogP contribution in [0.3, 0.4) is 0 Å². The van der Waals surface area contributed by atoms with Crippen molar-refractivity contribution in [3.8, 4) is 0 Å². The van der Waals surface area contributed by atoms with Crippen LogP contribution in [0.4, 0.5) is 4.39 Å². The monoisotopic (exact) mass is 435 g/mol. The molecule has 166 valence electrons. The number of ketones is 1. The number of piperazine rings is 1. The molecule has 4 heterocycles. The van der Waals surface area contributed by atoms with Gasteiger partial charge in [0, 0.05) is 38.4 Å². The van der Waals surface area contributed by atoms with E-state index in [9.17, 15) is 14.0 Å². The van der Waals surface area contributed by atoms with Crippen molar-refractivity contribution in [1.29, 1.82) is 0 Å². The number of carbonyl (C=O) groups is 1. The van der Waals surface area contributed by atoms with E-state index in [4.69, 9.17) is 0 Å². The van der Waals surface area contributed by atoms with Crippen molar-refractivity contribution < 1.29 is 9.18 Å². The summed E-state index contributed by atoms with van der Waals surface area (Å²) in [6.07, 6.45) is 4.24. The van der Waals surface area contributed by atoms with Crippen LogP contribution in [0, 0.1) is 12.7 Å². The molecule has 32 heavy (non-hydrogen) atoms. The molecule has 2 aliphatic rings. The van der Waals surface area contributed by atoms with Crippen LogP contribution < -0.4 is 5.56 Å². The highest BCUT2D eigenvalue weighted by atomic mass is 19.1. The van der Waals surface area contributed by atoms with Crippen LogP contribution in [-0.4, -0.2) is 69.7 Å². The minimum absolute atomic E-state index is 0.0429. The number of amidine groups is 1. The first kappa shape index (κ1) is 20.6. The largest absolute Gasteiger partial charge is 0.354 e. The van der Waals surface area contributed by atoms with Gasteiger partial charge < -0.3 is 13.9 Å². The summed E-state index contributed by atoms with van der Waals surface area (Å²) in [6, 6.07) is 8.33. The van der Waals surface area contributed by atoms with E-state index in [-0.39, 0.29) is 23.7 Å². The molecule has 0 radical (unpaired) electrons. The minimum atomic E-state index is -0.309. The Morgan fingerprint density at radius 1 is 0.938 bits per heavy atom. The topological polar surface area (TPSA) is 62.3 Å².